The zero-order valence-corrected chi connectivity index (χ0v) is 13.7. The van der Waals surface area contributed by atoms with Crippen LogP contribution in [0.15, 0.2) is 35.6 Å². The van der Waals surface area contributed by atoms with Gasteiger partial charge in [-0.1, -0.05) is 0 Å². The maximum absolute atomic E-state index is 12.4. The molecular formula is C16H14N4O3S. The van der Waals surface area contributed by atoms with Gasteiger partial charge in [0, 0.05) is 18.6 Å². The van der Waals surface area contributed by atoms with Crippen LogP contribution in [0.2, 0.25) is 0 Å². The van der Waals surface area contributed by atoms with Crippen molar-refractivity contribution in [2.75, 3.05) is 11.6 Å². The molecular weight excluding hydrogens is 328 g/mol. The average molecular weight is 342 g/mol. The Morgan fingerprint density at radius 1 is 1.38 bits per heavy atom. The molecule has 1 aliphatic rings. The molecule has 1 N–H and O–H groups in total. The Morgan fingerprint density at radius 2 is 2.12 bits per heavy atom. The molecule has 2 heterocycles. The molecule has 2 aromatic heterocycles. The van der Waals surface area contributed by atoms with Crippen LogP contribution in [0.1, 0.15) is 40.4 Å². The van der Waals surface area contributed by atoms with E-state index in [9.17, 15) is 13.2 Å². The van der Waals surface area contributed by atoms with Gasteiger partial charge in [-0.15, -0.1) is 0 Å². The lowest BCUT2D eigenvalue weighted by Crippen LogP contribution is -2.16. The highest BCUT2D eigenvalue weighted by Gasteiger charge is 2.28. The van der Waals surface area contributed by atoms with Crippen LogP contribution in [0.25, 0.3) is 0 Å². The third-order valence-electron chi connectivity index (χ3n) is 3.67. The fourth-order valence-corrected chi connectivity index (χ4v) is 3.15. The second kappa shape index (κ2) is 6.02. The van der Waals surface area contributed by atoms with E-state index in [4.69, 9.17) is 5.26 Å². The van der Waals surface area contributed by atoms with Crippen LogP contribution in [0.5, 0.6) is 0 Å². The van der Waals surface area contributed by atoms with E-state index in [1.165, 1.54) is 24.5 Å². The lowest BCUT2D eigenvalue weighted by molar-refractivity contribution is 0.102. The Hall–Kier alpha value is -2.79. The quantitative estimate of drug-likeness (QED) is 0.907. The predicted molar refractivity (Wildman–Crippen MR) is 86.2 cm³/mol. The molecule has 0 spiro atoms. The lowest BCUT2D eigenvalue weighted by atomic mass is 10.1. The van der Waals surface area contributed by atoms with Gasteiger partial charge in [0.1, 0.15) is 11.8 Å². The van der Waals surface area contributed by atoms with E-state index >= 15 is 0 Å². The number of nitrogens with zero attached hydrogens (tertiary/aromatic N) is 3. The minimum Gasteiger partial charge on any atom is -0.319 e. The summed E-state index contributed by atoms with van der Waals surface area (Å²) in [5.41, 5.74) is 1.48. The molecule has 0 saturated heterocycles. The van der Waals surface area contributed by atoms with E-state index in [2.05, 4.69) is 15.3 Å². The second-order valence-corrected chi connectivity index (χ2v) is 7.56. The summed E-state index contributed by atoms with van der Waals surface area (Å²) in [7, 11) is -3.57. The number of anilines is 1. The summed E-state index contributed by atoms with van der Waals surface area (Å²) in [6.07, 6.45) is 5.64. The van der Waals surface area contributed by atoms with Crippen LogP contribution < -0.4 is 5.32 Å². The Kier molecular flexibility index (Phi) is 4.03. The van der Waals surface area contributed by atoms with Crippen LogP contribution >= 0.6 is 0 Å². The van der Waals surface area contributed by atoms with Crippen LogP contribution in [0, 0.1) is 11.3 Å². The van der Waals surface area contributed by atoms with Crippen molar-refractivity contribution < 1.29 is 13.2 Å². The van der Waals surface area contributed by atoms with Gasteiger partial charge in [-0.2, -0.15) is 5.26 Å². The molecule has 1 aliphatic carbocycles. The molecule has 7 nitrogen and oxygen atoms in total. The number of amides is 1. The first-order chi connectivity index (χ1) is 11.4. The van der Waals surface area contributed by atoms with Gasteiger partial charge >= 0.3 is 0 Å². The highest BCUT2D eigenvalue weighted by atomic mass is 32.2. The van der Waals surface area contributed by atoms with Crippen LogP contribution in [-0.4, -0.2) is 30.5 Å². The zero-order chi connectivity index (χ0) is 17.3. The van der Waals surface area contributed by atoms with Gasteiger partial charge in [0.2, 0.25) is 0 Å². The maximum atomic E-state index is 12.4. The Labute approximate surface area is 139 Å². The Bertz CT molecular complexity index is 960. The summed E-state index contributed by atoms with van der Waals surface area (Å²) in [6, 6.07) is 6.69. The highest BCUT2D eigenvalue weighted by molar-refractivity contribution is 7.90. The minimum absolute atomic E-state index is 0.113. The van der Waals surface area contributed by atoms with Gasteiger partial charge in [-0.3, -0.25) is 4.79 Å². The molecule has 0 aliphatic heterocycles. The maximum Gasteiger partial charge on any atom is 0.257 e. The number of sulfone groups is 1. The van der Waals surface area contributed by atoms with Gasteiger partial charge in [0.05, 0.1) is 11.3 Å². The van der Waals surface area contributed by atoms with Crippen LogP contribution in [-0.2, 0) is 9.84 Å². The van der Waals surface area contributed by atoms with Crippen molar-refractivity contribution in [1.82, 2.24) is 9.97 Å². The number of carbonyl (C=O) groups excluding carboxylic acids is 1. The molecule has 24 heavy (non-hydrogen) atoms. The van der Waals surface area contributed by atoms with E-state index in [1.54, 1.807) is 6.07 Å². The zero-order valence-electron chi connectivity index (χ0n) is 12.9. The molecule has 0 bridgehead atoms. The number of rotatable bonds is 4. The van der Waals surface area contributed by atoms with Gasteiger partial charge < -0.3 is 5.32 Å². The molecule has 0 unspecified atom stereocenters. The summed E-state index contributed by atoms with van der Waals surface area (Å²) in [5, 5.41) is 11.5. The smallest absolute Gasteiger partial charge is 0.257 e. The van der Waals surface area contributed by atoms with Crippen molar-refractivity contribution in [3.8, 4) is 6.07 Å². The fourth-order valence-electron chi connectivity index (χ4n) is 2.38. The van der Waals surface area contributed by atoms with Crippen molar-refractivity contribution in [2.45, 2.75) is 23.8 Å². The number of pyridine rings is 2. The molecule has 1 fully saturated rings. The minimum atomic E-state index is -3.57. The summed E-state index contributed by atoms with van der Waals surface area (Å²) >= 11 is 0. The first-order valence-electron chi connectivity index (χ1n) is 7.26. The molecule has 1 saturated carbocycles. The third kappa shape index (κ3) is 3.26. The van der Waals surface area contributed by atoms with E-state index in [0.717, 1.165) is 24.7 Å². The topological polar surface area (TPSA) is 113 Å². The normalized spacial score (nSPS) is 14.0. The summed E-state index contributed by atoms with van der Waals surface area (Å²) < 4.78 is 23.5. The summed E-state index contributed by atoms with van der Waals surface area (Å²) in [4.78, 5) is 20.3. The number of hydrogen-bond acceptors (Lipinski definition) is 6. The summed E-state index contributed by atoms with van der Waals surface area (Å²) in [6.45, 7) is 0. The van der Waals surface area contributed by atoms with Gasteiger partial charge in [-0.05, 0) is 42.5 Å². The molecule has 8 heteroatoms. The third-order valence-corrected chi connectivity index (χ3v) is 4.70. The Balaban J connectivity index is 1.92. The van der Waals surface area contributed by atoms with Gasteiger partial charge in [0.15, 0.2) is 14.9 Å². The number of hydrogen-bond donors (Lipinski definition) is 1. The predicted octanol–water partition coefficient (Wildman–Crippen LogP) is 1.88. The van der Waals surface area contributed by atoms with E-state index in [-0.39, 0.29) is 22.2 Å². The fraction of sp³-hybridized carbons (Fsp3) is 0.250. The van der Waals surface area contributed by atoms with Gasteiger partial charge in [0.25, 0.3) is 5.91 Å². The Morgan fingerprint density at radius 3 is 2.75 bits per heavy atom. The van der Waals surface area contributed by atoms with Crippen molar-refractivity contribution in [3.05, 3.63) is 47.4 Å². The van der Waals surface area contributed by atoms with E-state index < -0.39 is 15.7 Å². The second-order valence-electron chi connectivity index (χ2n) is 5.63. The largest absolute Gasteiger partial charge is 0.319 e. The number of aromatic nitrogens is 2. The highest BCUT2D eigenvalue weighted by Crippen LogP contribution is 2.41. The van der Waals surface area contributed by atoms with Crippen molar-refractivity contribution in [1.29, 1.82) is 5.26 Å². The van der Waals surface area contributed by atoms with Crippen molar-refractivity contribution >= 4 is 21.4 Å². The summed E-state index contributed by atoms with van der Waals surface area (Å²) in [5.74, 6) is -0.225. The molecule has 3 rings (SSSR count). The number of nitriles is 1. The van der Waals surface area contributed by atoms with E-state index in [1.807, 2.05) is 6.07 Å². The molecule has 0 aromatic carbocycles. The lowest BCUT2D eigenvalue weighted by Gasteiger charge is -2.10. The monoisotopic (exact) mass is 342 g/mol. The first-order valence-corrected chi connectivity index (χ1v) is 9.15. The SMILES string of the molecule is CS(=O)(=O)c1ncccc1NC(=O)c1cnc(C#N)c(C2CC2)c1. The molecule has 0 radical (unpaired) electrons. The van der Waals surface area contributed by atoms with Crippen molar-refractivity contribution in [3.63, 3.8) is 0 Å². The average Bonchev–Trinajstić information content (AvgIpc) is 3.38. The number of carbonyl (C=O) groups is 1. The van der Waals surface area contributed by atoms with Crippen LogP contribution in [0.4, 0.5) is 5.69 Å². The molecule has 2 aromatic rings. The first kappa shape index (κ1) is 16.1. The molecule has 0 atom stereocenters. The number of nitrogens with one attached hydrogen (secondary N) is 1. The van der Waals surface area contributed by atoms with Gasteiger partial charge in [-0.25, -0.2) is 18.4 Å². The van der Waals surface area contributed by atoms with E-state index in [0.29, 0.717) is 5.69 Å². The molecule has 1 amide bonds. The molecule has 122 valence electrons. The van der Waals surface area contributed by atoms with Crippen molar-refractivity contribution in [2.24, 2.45) is 0 Å². The standard InChI is InChI=1S/C16H14N4O3S/c1-24(22,23)16-13(3-2-6-18-16)20-15(21)11-7-12(10-4-5-10)14(8-17)19-9-11/h2-3,6-7,9-10H,4-5H2,1H3,(H,20,21). The van der Waals surface area contributed by atoms with Crippen LogP contribution in [0.3, 0.4) is 0 Å².